The van der Waals surface area contributed by atoms with Crippen LogP contribution in [0.3, 0.4) is 0 Å². The molecule has 2 N–H and O–H groups in total. The molecule has 0 saturated carbocycles. The minimum atomic E-state index is -0.423. The van der Waals surface area contributed by atoms with Crippen LogP contribution in [0.5, 0.6) is 0 Å². The van der Waals surface area contributed by atoms with E-state index in [0.717, 1.165) is 11.6 Å². The zero-order valence-corrected chi connectivity index (χ0v) is 9.34. The highest BCUT2D eigenvalue weighted by atomic mass is 19.1. The van der Waals surface area contributed by atoms with Gasteiger partial charge in [-0.1, -0.05) is 0 Å². The SMILES string of the molecule is Nc1cc(-c2ccncc2F)nc2cnccc12. The lowest BCUT2D eigenvalue weighted by atomic mass is 10.1. The van der Waals surface area contributed by atoms with Crippen molar-refractivity contribution in [1.29, 1.82) is 0 Å². The normalized spacial score (nSPS) is 10.7. The molecule has 0 amide bonds. The number of rotatable bonds is 1. The minimum Gasteiger partial charge on any atom is -0.398 e. The van der Waals surface area contributed by atoms with Crippen molar-refractivity contribution < 1.29 is 4.39 Å². The lowest BCUT2D eigenvalue weighted by Crippen LogP contribution is -1.95. The van der Waals surface area contributed by atoms with E-state index in [4.69, 9.17) is 5.73 Å². The fourth-order valence-electron chi connectivity index (χ4n) is 1.83. The quantitative estimate of drug-likeness (QED) is 0.709. The van der Waals surface area contributed by atoms with Crippen molar-refractivity contribution >= 4 is 16.6 Å². The van der Waals surface area contributed by atoms with Gasteiger partial charge in [0.05, 0.1) is 23.6 Å². The van der Waals surface area contributed by atoms with Crippen molar-refractivity contribution in [2.45, 2.75) is 0 Å². The minimum absolute atomic E-state index is 0.377. The van der Waals surface area contributed by atoms with Gasteiger partial charge in [-0.15, -0.1) is 0 Å². The third-order valence-corrected chi connectivity index (χ3v) is 2.69. The summed E-state index contributed by atoms with van der Waals surface area (Å²) in [5, 5.41) is 0.809. The maximum Gasteiger partial charge on any atom is 0.150 e. The smallest absolute Gasteiger partial charge is 0.150 e. The molecule has 0 aliphatic heterocycles. The molecule has 0 spiro atoms. The molecule has 0 fully saturated rings. The summed E-state index contributed by atoms with van der Waals surface area (Å²) in [6.45, 7) is 0. The van der Waals surface area contributed by atoms with Gasteiger partial charge in [-0.05, 0) is 18.2 Å². The van der Waals surface area contributed by atoms with Gasteiger partial charge in [0, 0.05) is 29.0 Å². The molecule has 3 heterocycles. The Morgan fingerprint density at radius 1 is 1.06 bits per heavy atom. The molecule has 0 aliphatic rings. The average Bonchev–Trinajstić information content (AvgIpc) is 2.39. The van der Waals surface area contributed by atoms with Crippen LogP contribution in [0.2, 0.25) is 0 Å². The van der Waals surface area contributed by atoms with Crippen LogP contribution in [0.25, 0.3) is 22.2 Å². The molecule has 5 heteroatoms. The first kappa shape index (κ1) is 10.6. The zero-order valence-electron chi connectivity index (χ0n) is 9.34. The van der Waals surface area contributed by atoms with E-state index in [9.17, 15) is 4.39 Å². The molecule has 0 atom stereocenters. The van der Waals surface area contributed by atoms with E-state index in [-0.39, 0.29) is 0 Å². The third kappa shape index (κ3) is 1.66. The van der Waals surface area contributed by atoms with Crippen LogP contribution in [0.4, 0.5) is 10.1 Å². The summed E-state index contributed by atoms with van der Waals surface area (Å²) in [6, 6.07) is 5.00. The second-order valence-electron chi connectivity index (χ2n) is 3.85. The lowest BCUT2D eigenvalue weighted by Gasteiger charge is -2.06. The summed E-state index contributed by atoms with van der Waals surface area (Å²) in [5.74, 6) is -0.423. The molecule has 4 nitrogen and oxygen atoms in total. The van der Waals surface area contributed by atoms with Crippen LogP contribution >= 0.6 is 0 Å². The van der Waals surface area contributed by atoms with Crippen LogP contribution < -0.4 is 5.73 Å². The van der Waals surface area contributed by atoms with Crippen molar-refractivity contribution in [2.24, 2.45) is 0 Å². The van der Waals surface area contributed by atoms with Gasteiger partial charge >= 0.3 is 0 Å². The van der Waals surface area contributed by atoms with E-state index in [1.165, 1.54) is 6.20 Å². The van der Waals surface area contributed by atoms with E-state index in [1.807, 2.05) is 0 Å². The predicted molar refractivity (Wildman–Crippen MR) is 67.1 cm³/mol. The molecule has 88 valence electrons. The summed E-state index contributed by atoms with van der Waals surface area (Å²) in [7, 11) is 0. The van der Waals surface area contributed by atoms with E-state index >= 15 is 0 Å². The Morgan fingerprint density at radius 3 is 2.67 bits per heavy atom. The first-order valence-electron chi connectivity index (χ1n) is 5.36. The maximum absolute atomic E-state index is 13.6. The fourth-order valence-corrected chi connectivity index (χ4v) is 1.83. The molecule has 0 bridgehead atoms. The highest BCUT2D eigenvalue weighted by Gasteiger charge is 2.09. The molecule has 0 radical (unpaired) electrons. The number of aromatic nitrogens is 3. The molecule has 0 saturated heterocycles. The summed E-state index contributed by atoms with van der Waals surface area (Å²) >= 11 is 0. The van der Waals surface area contributed by atoms with Gasteiger partial charge in [-0.25, -0.2) is 9.37 Å². The standard InChI is InChI=1S/C13H9FN4/c14-10-6-16-3-1-8(10)12-5-11(15)9-2-4-17-7-13(9)18-12/h1-7H,(H2,15,18). The number of hydrogen-bond acceptors (Lipinski definition) is 4. The van der Waals surface area contributed by atoms with Crippen molar-refractivity contribution in [3.05, 3.63) is 48.8 Å². The van der Waals surface area contributed by atoms with Gasteiger partial charge in [-0.3, -0.25) is 9.97 Å². The van der Waals surface area contributed by atoms with Crippen molar-refractivity contribution in [2.75, 3.05) is 5.73 Å². The molecular formula is C13H9FN4. The second-order valence-corrected chi connectivity index (χ2v) is 3.85. The van der Waals surface area contributed by atoms with Gasteiger partial charge in [0.15, 0.2) is 5.82 Å². The van der Waals surface area contributed by atoms with Gasteiger partial charge in [0.1, 0.15) is 0 Å². The van der Waals surface area contributed by atoms with Crippen LogP contribution in [0, 0.1) is 5.82 Å². The van der Waals surface area contributed by atoms with Gasteiger partial charge in [-0.2, -0.15) is 0 Å². The van der Waals surface area contributed by atoms with Crippen molar-refractivity contribution in [3.8, 4) is 11.3 Å². The summed E-state index contributed by atoms with van der Waals surface area (Å²) < 4.78 is 13.6. The van der Waals surface area contributed by atoms with Crippen LogP contribution in [-0.2, 0) is 0 Å². The zero-order chi connectivity index (χ0) is 12.5. The number of hydrogen-bond donors (Lipinski definition) is 1. The number of halogens is 1. The Balaban J connectivity index is 2.28. The van der Waals surface area contributed by atoms with Crippen LogP contribution in [-0.4, -0.2) is 15.0 Å². The Labute approximate surface area is 102 Å². The molecule has 3 aromatic heterocycles. The molecule has 0 aromatic carbocycles. The van der Waals surface area contributed by atoms with Gasteiger partial charge in [0.2, 0.25) is 0 Å². The average molecular weight is 240 g/mol. The van der Waals surface area contributed by atoms with Crippen LogP contribution in [0.15, 0.2) is 43.0 Å². The number of nitrogen functional groups attached to an aromatic ring is 1. The Kier molecular flexibility index (Phi) is 2.37. The maximum atomic E-state index is 13.6. The molecule has 18 heavy (non-hydrogen) atoms. The molecule has 3 rings (SSSR count). The first-order valence-corrected chi connectivity index (χ1v) is 5.36. The van der Waals surface area contributed by atoms with E-state index in [1.54, 1.807) is 30.6 Å². The van der Waals surface area contributed by atoms with E-state index in [2.05, 4.69) is 15.0 Å². The van der Waals surface area contributed by atoms with E-state index < -0.39 is 5.82 Å². The highest BCUT2D eigenvalue weighted by molar-refractivity contribution is 5.91. The molecule has 0 aliphatic carbocycles. The Hall–Kier alpha value is -2.56. The number of nitrogens with zero attached hydrogens (tertiary/aromatic N) is 3. The monoisotopic (exact) mass is 240 g/mol. The highest BCUT2D eigenvalue weighted by Crippen LogP contribution is 2.26. The van der Waals surface area contributed by atoms with Crippen molar-refractivity contribution in [3.63, 3.8) is 0 Å². The van der Waals surface area contributed by atoms with Gasteiger partial charge < -0.3 is 5.73 Å². The Bertz CT molecular complexity index is 727. The van der Waals surface area contributed by atoms with E-state index in [0.29, 0.717) is 22.5 Å². The Morgan fingerprint density at radius 2 is 1.83 bits per heavy atom. The summed E-state index contributed by atoms with van der Waals surface area (Å²) in [6.07, 6.45) is 5.92. The number of pyridine rings is 3. The van der Waals surface area contributed by atoms with Gasteiger partial charge in [0.25, 0.3) is 0 Å². The molecular weight excluding hydrogens is 231 g/mol. The first-order chi connectivity index (χ1) is 8.75. The summed E-state index contributed by atoms with van der Waals surface area (Å²) in [5.41, 5.74) is 7.99. The molecule has 0 unspecified atom stereocenters. The predicted octanol–water partition coefficient (Wildman–Crippen LogP) is 2.41. The lowest BCUT2D eigenvalue weighted by molar-refractivity contribution is 0.624. The second kappa shape index (κ2) is 4.03. The fraction of sp³-hybridized carbons (Fsp3) is 0. The topological polar surface area (TPSA) is 64.7 Å². The largest absolute Gasteiger partial charge is 0.398 e. The summed E-state index contributed by atoms with van der Waals surface area (Å²) in [4.78, 5) is 12.1. The number of anilines is 1. The van der Waals surface area contributed by atoms with Crippen molar-refractivity contribution in [1.82, 2.24) is 15.0 Å². The number of fused-ring (bicyclic) bond motifs is 1. The molecule has 3 aromatic rings. The van der Waals surface area contributed by atoms with Crippen LogP contribution in [0.1, 0.15) is 0 Å². The third-order valence-electron chi connectivity index (χ3n) is 2.69. The number of nitrogens with two attached hydrogens (primary N) is 1.